The highest BCUT2D eigenvalue weighted by Gasteiger charge is 2.15. The Labute approximate surface area is 137 Å². The fourth-order valence-electron chi connectivity index (χ4n) is 2.34. The van der Waals surface area contributed by atoms with Gasteiger partial charge >= 0.3 is 0 Å². The Bertz CT molecular complexity index is 813. The summed E-state index contributed by atoms with van der Waals surface area (Å²) in [5.41, 5.74) is 2.98. The Balaban J connectivity index is 1.93. The van der Waals surface area contributed by atoms with Gasteiger partial charge in [-0.05, 0) is 18.6 Å². The average Bonchev–Trinajstić information content (AvgIpc) is 3.13. The summed E-state index contributed by atoms with van der Waals surface area (Å²) in [5.74, 6) is 0.848. The Kier molecular flexibility index (Phi) is 4.56. The van der Waals surface area contributed by atoms with Gasteiger partial charge in [-0.3, -0.25) is 0 Å². The maximum Gasteiger partial charge on any atom is 0.234 e. The van der Waals surface area contributed by atoms with Crippen molar-refractivity contribution in [1.29, 1.82) is 0 Å². The van der Waals surface area contributed by atoms with Crippen LogP contribution in [0.2, 0.25) is 0 Å². The summed E-state index contributed by atoms with van der Waals surface area (Å²) in [4.78, 5) is 0.783. The zero-order valence-electron chi connectivity index (χ0n) is 13.0. The molecule has 0 aliphatic heterocycles. The van der Waals surface area contributed by atoms with E-state index in [0.717, 1.165) is 39.0 Å². The van der Waals surface area contributed by atoms with E-state index in [9.17, 15) is 5.11 Å². The van der Waals surface area contributed by atoms with Crippen molar-refractivity contribution in [3.63, 3.8) is 0 Å². The van der Waals surface area contributed by atoms with Crippen molar-refractivity contribution < 1.29 is 10.2 Å². The van der Waals surface area contributed by atoms with Crippen LogP contribution in [-0.2, 0) is 6.42 Å². The van der Waals surface area contributed by atoms with E-state index in [1.54, 1.807) is 4.52 Å². The minimum absolute atomic E-state index is 0.262. The first-order valence-corrected chi connectivity index (χ1v) is 8.29. The van der Waals surface area contributed by atoms with Crippen LogP contribution >= 0.6 is 11.3 Å². The van der Waals surface area contributed by atoms with Gasteiger partial charge in [0.2, 0.25) is 4.96 Å². The topological polar surface area (TPSA) is 95.6 Å². The largest absolute Gasteiger partial charge is 0.394 e. The molecule has 3 rings (SSSR count). The van der Waals surface area contributed by atoms with Gasteiger partial charge in [-0.2, -0.15) is 9.61 Å². The Morgan fingerprint density at radius 1 is 1.35 bits per heavy atom. The predicted molar refractivity (Wildman–Crippen MR) is 89.8 cm³/mol. The van der Waals surface area contributed by atoms with Crippen molar-refractivity contribution in [1.82, 2.24) is 19.8 Å². The molecule has 0 saturated heterocycles. The first-order valence-electron chi connectivity index (χ1n) is 7.48. The molecule has 0 spiro atoms. The zero-order chi connectivity index (χ0) is 16.4. The lowest BCUT2D eigenvalue weighted by Crippen LogP contribution is -2.23. The molecule has 0 radical (unpaired) electrons. The molecule has 3 N–H and O–H groups in total. The first kappa shape index (κ1) is 15.9. The van der Waals surface area contributed by atoms with Gasteiger partial charge in [0, 0.05) is 24.2 Å². The molecule has 122 valence electrons. The van der Waals surface area contributed by atoms with Crippen molar-refractivity contribution >= 4 is 22.0 Å². The van der Waals surface area contributed by atoms with Crippen LogP contribution in [0.4, 0.5) is 5.69 Å². The summed E-state index contributed by atoms with van der Waals surface area (Å²) in [5, 5.41) is 35.3. The molecule has 0 aliphatic carbocycles. The lowest BCUT2D eigenvalue weighted by atomic mass is 10.1. The van der Waals surface area contributed by atoms with Crippen LogP contribution < -0.4 is 5.32 Å². The van der Waals surface area contributed by atoms with E-state index >= 15 is 0 Å². The molecule has 0 amide bonds. The lowest BCUT2D eigenvalue weighted by Gasteiger charge is -2.14. The van der Waals surface area contributed by atoms with Crippen molar-refractivity contribution in [2.24, 2.45) is 0 Å². The van der Waals surface area contributed by atoms with E-state index in [-0.39, 0.29) is 6.61 Å². The third-order valence-electron chi connectivity index (χ3n) is 3.67. The molecule has 1 atom stereocenters. The molecule has 7 nitrogen and oxygen atoms in total. The smallest absolute Gasteiger partial charge is 0.234 e. The highest BCUT2D eigenvalue weighted by molar-refractivity contribution is 7.19. The molecule has 2 heterocycles. The van der Waals surface area contributed by atoms with Crippen molar-refractivity contribution in [3.05, 3.63) is 29.6 Å². The number of nitrogens with zero attached hydrogens (tertiary/aromatic N) is 4. The fraction of sp³-hybridized carbons (Fsp3) is 0.400. The quantitative estimate of drug-likeness (QED) is 0.632. The second-order valence-electron chi connectivity index (χ2n) is 5.27. The van der Waals surface area contributed by atoms with Crippen LogP contribution in [0.25, 0.3) is 15.5 Å². The third-order valence-corrected chi connectivity index (χ3v) is 4.61. The van der Waals surface area contributed by atoms with Gasteiger partial charge in [0.05, 0.1) is 12.7 Å². The summed E-state index contributed by atoms with van der Waals surface area (Å²) in [6.07, 6.45) is 0.00338. The summed E-state index contributed by atoms with van der Waals surface area (Å²) in [6, 6.07) is 5.90. The number of aromatic nitrogens is 4. The monoisotopic (exact) mass is 333 g/mol. The molecular weight excluding hydrogens is 314 g/mol. The van der Waals surface area contributed by atoms with E-state index < -0.39 is 6.10 Å². The highest BCUT2D eigenvalue weighted by atomic mass is 32.1. The predicted octanol–water partition coefficient (Wildman–Crippen LogP) is 1.49. The summed E-state index contributed by atoms with van der Waals surface area (Å²) in [6.45, 7) is 4.07. The number of rotatable bonds is 6. The van der Waals surface area contributed by atoms with Gasteiger partial charge in [0.15, 0.2) is 5.82 Å². The summed E-state index contributed by atoms with van der Waals surface area (Å²) < 4.78 is 1.79. The number of aliphatic hydroxyl groups excluding tert-OH is 2. The number of hydrogen-bond acceptors (Lipinski definition) is 7. The third kappa shape index (κ3) is 3.05. The van der Waals surface area contributed by atoms with E-state index in [1.165, 1.54) is 11.3 Å². The maximum atomic E-state index is 9.48. The number of fused-ring (bicyclic) bond motifs is 1. The number of benzene rings is 1. The molecule has 1 aromatic carbocycles. The standard InChI is InChI=1S/C15H19N5O2S/c1-3-13-17-18-15-20(13)19-14(23-15)11-5-4-6-12(9(11)2)16-7-10(22)8-21/h4-6,10,16,21-22H,3,7-8H2,1-2H3. The SMILES string of the molecule is CCc1nnc2sc(-c3cccc(NCC(O)CO)c3C)nn12. The van der Waals surface area contributed by atoms with Crippen LogP contribution in [-0.4, -0.2) is 49.3 Å². The van der Waals surface area contributed by atoms with Gasteiger partial charge < -0.3 is 15.5 Å². The molecule has 0 bridgehead atoms. The fourth-order valence-corrected chi connectivity index (χ4v) is 3.28. The summed E-state index contributed by atoms with van der Waals surface area (Å²) >= 11 is 1.50. The summed E-state index contributed by atoms with van der Waals surface area (Å²) in [7, 11) is 0. The second-order valence-corrected chi connectivity index (χ2v) is 6.22. The van der Waals surface area contributed by atoms with Crippen molar-refractivity contribution in [3.8, 4) is 10.6 Å². The molecule has 0 aliphatic rings. The normalized spacial score (nSPS) is 12.7. The Morgan fingerprint density at radius 2 is 2.17 bits per heavy atom. The van der Waals surface area contributed by atoms with Gasteiger partial charge in [-0.15, -0.1) is 10.2 Å². The van der Waals surface area contributed by atoms with Crippen molar-refractivity contribution in [2.75, 3.05) is 18.5 Å². The number of aliphatic hydroxyl groups is 2. The second kappa shape index (κ2) is 6.61. The lowest BCUT2D eigenvalue weighted by molar-refractivity contribution is 0.105. The van der Waals surface area contributed by atoms with Crippen LogP contribution in [0.3, 0.4) is 0 Å². The molecule has 23 heavy (non-hydrogen) atoms. The Morgan fingerprint density at radius 3 is 2.91 bits per heavy atom. The zero-order valence-corrected chi connectivity index (χ0v) is 13.8. The molecule has 0 fully saturated rings. The number of hydrogen-bond donors (Lipinski definition) is 3. The molecule has 2 aromatic heterocycles. The number of anilines is 1. The number of nitrogens with one attached hydrogen (secondary N) is 1. The van der Waals surface area contributed by atoms with Gasteiger partial charge in [-0.25, -0.2) is 0 Å². The van der Waals surface area contributed by atoms with Crippen LogP contribution in [0.5, 0.6) is 0 Å². The van der Waals surface area contributed by atoms with Crippen molar-refractivity contribution in [2.45, 2.75) is 26.4 Å². The average molecular weight is 333 g/mol. The molecule has 8 heteroatoms. The van der Waals surface area contributed by atoms with Crippen LogP contribution in [0, 0.1) is 6.92 Å². The van der Waals surface area contributed by atoms with E-state index in [1.807, 2.05) is 32.0 Å². The highest BCUT2D eigenvalue weighted by Crippen LogP contribution is 2.31. The van der Waals surface area contributed by atoms with Gasteiger partial charge in [-0.1, -0.05) is 30.4 Å². The first-order chi connectivity index (χ1) is 11.1. The molecule has 1 unspecified atom stereocenters. The molecule has 0 saturated carbocycles. The maximum absolute atomic E-state index is 9.48. The molecule has 3 aromatic rings. The van der Waals surface area contributed by atoms with Gasteiger partial charge in [0.1, 0.15) is 5.01 Å². The van der Waals surface area contributed by atoms with Gasteiger partial charge in [0.25, 0.3) is 0 Å². The van der Waals surface area contributed by atoms with E-state index in [0.29, 0.717) is 6.54 Å². The molecular formula is C15H19N5O2S. The van der Waals surface area contributed by atoms with E-state index in [2.05, 4.69) is 20.6 Å². The van der Waals surface area contributed by atoms with Crippen LogP contribution in [0.15, 0.2) is 18.2 Å². The Hall–Kier alpha value is -2.03. The number of aryl methyl sites for hydroxylation is 1. The minimum atomic E-state index is -0.778. The van der Waals surface area contributed by atoms with Crippen LogP contribution in [0.1, 0.15) is 18.3 Å². The minimum Gasteiger partial charge on any atom is -0.394 e. The van der Waals surface area contributed by atoms with E-state index in [4.69, 9.17) is 5.11 Å².